The Morgan fingerprint density at radius 2 is 1.96 bits per heavy atom. The van der Waals surface area contributed by atoms with Crippen molar-refractivity contribution in [1.82, 2.24) is 4.90 Å². The molecule has 0 bridgehead atoms. The summed E-state index contributed by atoms with van der Waals surface area (Å²) < 4.78 is 5.71. The molecule has 152 valence electrons. The second-order valence-corrected chi connectivity index (χ2v) is 7.52. The first-order chi connectivity index (χ1) is 13.3. The number of aromatic hydroxyl groups is 1. The van der Waals surface area contributed by atoms with Gasteiger partial charge in [-0.2, -0.15) is 0 Å². The highest BCUT2D eigenvalue weighted by Crippen LogP contribution is 2.34. The van der Waals surface area contributed by atoms with Crippen LogP contribution in [0.4, 0.5) is 0 Å². The maximum absolute atomic E-state index is 12.4. The van der Waals surface area contributed by atoms with Crippen molar-refractivity contribution in [2.24, 2.45) is 11.7 Å². The molecule has 0 radical (unpaired) electrons. The van der Waals surface area contributed by atoms with Crippen LogP contribution in [0.1, 0.15) is 35.2 Å². The number of aryl methyl sites for hydroxylation is 1. The number of nitrogens with zero attached hydrogens (tertiary/aromatic N) is 1. The number of phenols is 1. The Kier molecular flexibility index (Phi) is 6.12. The molecule has 10 heteroatoms. The van der Waals surface area contributed by atoms with Crippen LogP contribution in [-0.4, -0.2) is 69.4 Å². The van der Waals surface area contributed by atoms with Crippen LogP contribution < -0.4 is 10.5 Å². The monoisotopic (exact) mass is 392 g/mol. The fourth-order valence-corrected chi connectivity index (χ4v) is 3.78. The van der Waals surface area contributed by atoms with E-state index in [1.807, 2.05) is 0 Å². The Morgan fingerprint density at radius 3 is 2.54 bits per heavy atom. The predicted molar refractivity (Wildman–Crippen MR) is 100 cm³/mol. The maximum atomic E-state index is 12.4. The van der Waals surface area contributed by atoms with Crippen molar-refractivity contribution >= 4 is 19.0 Å². The number of aromatic carboxylic acids is 1. The molecule has 6 N–H and O–H groups in total. The van der Waals surface area contributed by atoms with E-state index >= 15 is 0 Å². The van der Waals surface area contributed by atoms with Crippen LogP contribution >= 0.6 is 0 Å². The number of carbonyl (C=O) groups is 2. The molecular weight excluding hydrogens is 367 g/mol. The van der Waals surface area contributed by atoms with Gasteiger partial charge in [-0.25, -0.2) is 4.79 Å². The molecule has 28 heavy (non-hydrogen) atoms. The molecule has 0 unspecified atom stereocenters. The van der Waals surface area contributed by atoms with Crippen molar-refractivity contribution in [1.29, 1.82) is 0 Å². The first-order valence-corrected chi connectivity index (χ1v) is 9.41. The van der Waals surface area contributed by atoms with Crippen molar-refractivity contribution in [3.8, 4) is 11.5 Å². The van der Waals surface area contributed by atoms with Gasteiger partial charge in [0.2, 0.25) is 5.91 Å². The summed E-state index contributed by atoms with van der Waals surface area (Å²) in [6, 6.07) is 3.03. The Morgan fingerprint density at radius 1 is 1.25 bits per heavy atom. The third-order valence-electron chi connectivity index (χ3n) is 5.38. The van der Waals surface area contributed by atoms with Crippen LogP contribution in [0, 0.1) is 5.92 Å². The van der Waals surface area contributed by atoms with E-state index in [1.54, 1.807) is 4.90 Å². The lowest BCUT2D eigenvalue weighted by Gasteiger charge is -2.40. The Balaban J connectivity index is 1.62. The molecule has 2 atom stereocenters. The minimum absolute atomic E-state index is 0.0262. The number of hydrogen-bond donors (Lipinski definition) is 5. The molecule has 0 aromatic heterocycles. The lowest BCUT2D eigenvalue weighted by molar-refractivity contribution is -0.144. The first-order valence-electron chi connectivity index (χ1n) is 9.41. The molecule has 2 aliphatic rings. The highest BCUT2D eigenvalue weighted by molar-refractivity contribution is 6.41. The van der Waals surface area contributed by atoms with E-state index in [4.69, 9.17) is 20.5 Å². The van der Waals surface area contributed by atoms with Gasteiger partial charge in [-0.05, 0) is 43.6 Å². The predicted octanol–water partition coefficient (Wildman–Crippen LogP) is -0.177. The SMILES string of the molecule is N[C@H]1CC[C@H](C(=O)N2CC(Oc3ccc(CCB(O)O)c(O)c3C(=O)O)C2)C1. The van der Waals surface area contributed by atoms with Gasteiger partial charge in [0, 0.05) is 12.0 Å². The van der Waals surface area contributed by atoms with Crippen molar-refractivity contribution in [3.63, 3.8) is 0 Å². The summed E-state index contributed by atoms with van der Waals surface area (Å²) in [7, 11) is -1.54. The van der Waals surface area contributed by atoms with Crippen LogP contribution in [0.2, 0.25) is 6.32 Å². The van der Waals surface area contributed by atoms with Crippen LogP contribution in [0.3, 0.4) is 0 Å². The number of benzene rings is 1. The summed E-state index contributed by atoms with van der Waals surface area (Å²) in [6.07, 6.45) is 2.08. The highest BCUT2D eigenvalue weighted by atomic mass is 16.5. The van der Waals surface area contributed by atoms with Crippen molar-refractivity contribution in [2.45, 2.75) is 44.1 Å². The Hall–Kier alpha value is -2.30. The standard InChI is InChI=1S/C18H25BN2O7/c20-12-3-1-11(7-12)17(23)21-8-13(9-21)28-14-4-2-10(5-6-19(26)27)16(22)15(14)18(24)25/h2,4,11-13,22,26-27H,1,3,5-9,20H2,(H,24,25)/t11-,12-/m0/s1. The highest BCUT2D eigenvalue weighted by Gasteiger charge is 2.38. The summed E-state index contributed by atoms with van der Waals surface area (Å²) in [5, 5.41) is 37.6. The van der Waals surface area contributed by atoms with E-state index in [2.05, 4.69) is 0 Å². The van der Waals surface area contributed by atoms with Crippen LogP contribution in [0.15, 0.2) is 12.1 Å². The number of carboxylic acid groups (broad SMARTS) is 1. The number of likely N-dealkylation sites (tertiary alicyclic amines) is 1. The van der Waals surface area contributed by atoms with Gasteiger partial charge in [0.15, 0.2) is 0 Å². The number of hydrogen-bond acceptors (Lipinski definition) is 7. The summed E-state index contributed by atoms with van der Waals surface area (Å²) >= 11 is 0. The Bertz CT molecular complexity index is 752. The van der Waals surface area contributed by atoms with Gasteiger partial charge < -0.3 is 35.6 Å². The molecule has 1 aliphatic heterocycles. The van der Waals surface area contributed by atoms with Gasteiger partial charge in [0.25, 0.3) is 0 Å². The zero-order valence-electron chi connectivity index (χ0n) is 15.5. The van der Waals surface area contributed by atoms with E-state index in [0.29, 0.717) is 25.1 Å². The molecule has 3 rings (SSSR count). The average Bonchev–Trinajstić information content (AvgIpc) is 3.02. The van der Waals surface area contributed by atoms with Gasteiger partial charge >= 0.3 is 13.1 Å². The third-order valence-corrected chi connectivity index (χ3v) is 5.38. The fourth-order valence-electron chi connectivity index (χ4n) is 3.78. The van der Waals surface area contributed by atoms with Gasteiger partial charge in [-0.3, -0.25) is 4.79 Å². The molecule has 1 saturated heterocycles. The van der Waals surface area contributed by atoms with E-state index in [0.717, 1.165) is 12.8 Å². The van der Waals surface area contributed by atoms with Gasteiger partial charge in [0.1, 0.15) is 23.2 Å². The maximum Gasteiger partial charge on any atom is 0.451 e. The van der Waals surface area contributed by atoms with Gasteiger partial charge in [0.05, 0.1) is 13.1 Å². The molecule has 1 amide bonds. The summed E-state index contributed by atoms with van der Waals surface area (Å²) in [5.41, 5.74) is 5.79. The minimum Gasteiger partial charge on any atom is -0.507 e. The van der Waals surface area contributed by atoms with E-state index in [1.165, 1.54) is 12.1 Å². The summed E-state index contributed by atoms with van der Waals surface area (Å²) in [4.78, 5) is 25.7. The van der Waals surface area contributed by atoms with Gasteiger partial charge in [-0.1, -0.05) is 6.07 Å². The summed E-state index contributed by atoms with van der Waals surface area (Å²) in [6.45, 7) is 0.728. The topological polar surface area (TPSA) is 154 Å². The molecule has 1 aliphatic carbocycles. The molecule has 0 spiro atoms. The molecule has 1 heterocycles. The molecular formula is C18H25BN2O7. The van der Waals surface area contributed by atoms with E-state index in [-0.39, 0.29) is 48.0 Å². The van der Waals surface area contributed by atoms with Crippen LogP contribution in [0.25, 0.3) is 0 Å². The lowest BCUT2D eigenvalue weighted by Crippen LogP contribution is -2.57. The van der Waals surface area contributed by atoms with Crippen molar-refractivity contribution in [2.75, 3.05) is 13.1 Å². The summed E-state index contributed by atoms with van der Waals surface area (Å²) in [5.74, 6) is -1.75. The van der Waals surface area contributed by atoms with E-state index in [9.17, 15) is 19.8 Å². The molecule has 1 aromatic carbocycles. The largest absolute Gasteiger partial charge is 0.507 e. The lowest BCUT2D eigenvalue weighted by atomic mass is 9.82. The second kappa shape index (κ2) is 8.38. The number of ether oxygens (including phenoxy) is 1. The molecule has 1 aromatic rings. The second-order valence-electron chi connectivity index (χ2n) is 7.52. The minimum atomic E-state index is -1.54. The van der Waals surface area contributed by atoms with Gasteiger partial charge in [-0.15, -0.1) is 0 Å². The number of nitrogens with two attached hydrogens (primary N) is 1. The molecule has 2 fully saturated rings. The van der Waals surface area contributed by atoms with E-state index < -0.39 is 18.8 Å². The fraction of sp³-hybridized carbons (Fsp3) is 0.556. The number of amides is 1. The normalized spacial score (nSPS) is 22.0. The van der Waals surface area contributed by atoms with Crippen LogP contribution in [0.5, 0.6) is 11.5 Å². The smallest absolute Gasteiger partial charge is 0.451 e. The average molecular weight is 392 g/mol. The zero-order valence-corrected chi connectivity index (χ0v) is 15.5. The first kappa shape index (κ1) is 20.4. The third kappa shape index (κ3) is 4.40. The molecule has 9 nitrogen and oxygen atoms in total. The number of carbonyl (C=O) groups excluding carboxylic acids is 1. The zero-order chi connectivity index (χ0) is 20.4. The number of carboxylic acids is 1. The quantitative estimate of drug-likeness (QED) is 0.401. The van der Waals surface area contributed by atoms with Crippen molar-refractivity contribution < 1.29 is 34.6 Å². The Labute approximate surface area is 162 Å². The van der Waals surface area contributed by atoms with Crippen molar-refractivity contribution in [3.05, 3.63) is 23.3 Å². The van der Waals surface area contributed by atoms with Crippen LogP contribution in [-0.2, 0) is 11.2 Å². The molecule has 1 saturated carbocycles. The number of rotatable bonds is 7.